The molecule has 0 aromatic carbocycles. The molecule has 0 saturated heterocycles. The van der Waals surface area contributed by atoms with E-state index in [2.05, 4.69) is 10.3 Å². The lowest BCUT2D eigenvalue weighted by Gasteiger charge is -2.25. The number of oxazole rings is 1. The van der Waals surface area contributed by atoms with Gasteiger partial charge in [0.05, 0.1) is 18.7 Å². The maximum Gasteiger partial charge on any atom is 0.306 e. The van der Waals surface area contributed by atoms with Crippen LogP contribution in [0.1, 0.15) is 44.3 Å². The number of nitrogens with zero attached hydrogens (tertiary/aromatic N) is 1. The van der Waals surface area contributed by atoms with Crippen molar-refractivity contribution < 1.29 is 19.1 Å². The van der Waals surface area contributed by atoms with E-state index in [-0.39, 0.29) is 18.4 Å². The molecule has 20 heavy (non-hydrogen) atoms. The molecule has 2 unspecified atom stereocenters. The number of rotatable bonds is 5. The third-order valence-electron chi connectivity index (χ3n) is 3.76. The first-order chi connectivity index (χ1) is 9.60. The Morgan fingerprint density at radius 3 is 2.85 bits per heavy atom. The Balaban J connectivity index is 1.83. The minimum Gasteiger partial charge on any atom is -0.481 e. The Kier molecular flexibility index (Phi) is 4.76. The molecule has 0 radical (unpaired) electrons. The fourth-order valence-corrected chi connectivity index (χ4v) is 2.55. The Bertz CT molecular complexity index is 483. The fourth-order valence-electron chi connectivity index (χ4n) is 2.55. The van der Waals surface area contributed by atoms with Crippen molar-refractivity contribution in [1.29, 1.82) is 0 Å². The molecule has 0 spiro atoms. The van der Waals surface area contributed by atoms with Crippen molar-refractivity contribution in [2.75, 3.05) is 0 Å². The van der Waals surface area contributed by atoms with Gasteiger partial charge in [-0.2, -0.15) is 0 Å². The minimum atomic E-state index is -0.803. The zero-order valence-electron chi connectivity index (χ0n) is 11.6. The summed E-state index contributed by atoms with van der Waals surface area (Å²) in [4.78, 5) is 27.1. The average Bonchev–Trinajstić information content (AvgIpc) is 2.93. The summed E-state index contributed by atoms with van der Waals surface area (Å²) in [6.07, 6.45) is 5.05. The quantitative estimate of drug-likeness (QED) is 0.857. The Labute approximate surface area is 117 Å². The molecule has 2 N–H and O–H groups in total. The van der Waals surface area contributed by atoms with E-state index in [9.17, 15) is 9.59 Å². The molecule has 1 saturated carbocycles. The Hall–Kier alpha value is -1.85. The van der Waals surface area contributed by atoms with Gasteiger partial charge in [-0.05, 0) is 19.3 Å². The third kappa shape index (κ3) is 3.59. The van der Waals surface area contributed by atoms with Gasteiger partial charge in [0.1, 0.15) is 5.76 Å². The van der Waals surface area contributed by atoms with Crippen LogP contribution in [0.3, 0.4) is 0 Å². The van der Waals surface area contributed by atoms with E-state index in [1.165, 1.54) is 0 Å². The Morgan fingerprint density at radius 2 is 2.20 bits per heavy atom. The lowest BCUT2D eigenvalue weighted by atomic mass is 9.81. The predicted octanol–water partition coefficient (Wildman–Crippen LogP) is 1.74. The van der Waals surface area contributed by atoms with Gasteiger partial charge < -0.3 is 14.8 Å². The molecular formula is C14H20N2O4. The molecule has 0 bridgehead atoms. The van der Waals surface area contributed by atoms with E-state index < -0.39 is 11.9 Å². The summed E-state index contributed by atoms with van der Waals surface area (Å²) in [6.45, 7) is 2.23. The van der Waals surface area contributed by atoms with Gasteiger partial charge in [-0.1, -0.05) is 13.3 Å². The van der Waals surface area contributed by atoms with Crippen LogP contribution in [-0.2, 0) is 22.6 Å². The van der Waals surface area contributed by atoms with E-state index in [0.29, 0.717) is 18.7 Å². The van der Waals surface area contributed by atoms with Crippen LogP contribution in [0.15, 0.2) is 10.6 Å². The molecule has 1 heterocycles. The molecule has 1 aromatic heterocycles. The first-order valence-corrected chi connectivity index (χ1v) is 7.04. The summed E-state index contributed by atoms with van der Waals surface area (Å²) in [5.74, 6) is -0.243. The summed E-state index contributed by atoms with van der Waals surface area (Å²) in [5, 5.41) is 11.8. The van der Waals surface area contributed by atoms with Gasteiger partial charge in [0.15, 0.2) is 0 Å². The normalized spacial score (nSPS) is 22.4. The lowest BCUT2D eigenvalue weighted by Crippen LogP contribution is -2.35. The summed E-state index contributed by atoms with van der Waals surface area (Å²) in [6, 6.07) is 0. The molecule has 2 atom stereocenters. The molecule has 1 aliphatic rings. The van der Waals surface area contributed by atoms with Crippen LogP contribution in [0.25, 0.3) is 0 Å². The lowest BCUT2D eigenvalue weighted by molar-refractivity contribution is -0.144. The number of hydrogen-bond donors (Lipinski definition) is 2. The smallest absolute Gasteiger partial charge is 0.306 e. The molecule has 1 aromatic rings. The van der Waals surface area contributed by atoms with Crippen molar-refractivity contribution >= 4 is 11.9 Å². The number of carbonyl (C=O) groups is 2. The van der Waals surface area contributed by atoms with Crippen LogP contribution in [0.2, 0.25) is 0 Å². The molecular weight excluding hydrogens is 260 g/mol. The highest BCUT2D eigenvalue weighted by atomic mass is 16.4. The second-order valence-corrected chi connectivity index (χ2v) is 5.19. The number of carboxylic acid groups (broad SMARTS) is 1. The fraction of sp³-hybridized carbons (Fsp3) is 0.643. The zero-order valence-corrected chi connectivity index (χ0v) is 11.6. The largest absolute Gasteiger partial charge is 0.481 e. The van der Waals surface area contributed by atoms with E-state index >= 15 is 0 Å². The zero-order chi connectivity index (χ0) is 14.5. The first kappa shape index (κ1) is 14.6. The van der Waals surface area contributed by atoms with Gasteiger partial charge in [-0.3, -0.25) is 9.59 Å². The summed E-state index contributed by atoms with van der Waals surface area (Å²) in [7, 11) is 0. The van der Waals surface area contributed by atoms with Gasteiger partial charge in [0.25, 0.3) is 0 Å². The SMILES string of the molecule is CCc1cnc(CNC(=O)C2CCCC(C(=O)O)C2)o1. The van der Waals surface area contributed by atoms with Crippen molar-refractivity contribution in [3.63, 3.8) is 0 Å². The van der Waals surface area contributed by atoms with Gasteiger partial charge in [0, 0.05) is 12.3 Å². The highest BCUT2D eigenvalue weighted by Crippen LogP contribution is 2.29. The van der Waals surface area contributed by atoms with E-state index in [1.54, 1.807) is 6.20 Å². The van der Waals surface area contributed by atoms with Crippen LogP contribution in [0, 0.1) is 11.8 Å². The monoisotopic (exact) mass is 280 g/mol. The maximum atomic E-state index is 12.0. The van der Waals surface area contributed by atoms with Crippen LogP contribution < -0.4 is 5.32 Å². The van der Waals surface area contributed by atoms with E-state index in [0.717, 1.165) is 25.0 Å². The molecule has 1 aliphatic carbocycles. The second kappa shape index (κ2) is 6.54. The van der Waals surface area contributed by atoms with Crippen LogP contribution in [0.4, 0.5) is 0 Å². The molecule has 2 rings (SSSR count). The number of amides is 1. The second-order valence-electron chi connectivity index (χ2n) is 5.19. The van der Waals surface area contributed by atoms with E-state index in [4.69, 9.17) is 9.52 Å². The highest BCUT2D eigenvalue weighted by molar-refractivity contribution is 5.80. The molecule has 1 amide bonds. The summed E-state index contributed by atoms with van der Waals surface area (Å²) >= 11 is 0. The number of aromatic nitrogens is 1. The summed E-state index contributed by atoms with van der Waals surface area (Å²) in [5.41, 5.74) is 0. The van der Waals surface area contributed by atoms with Gasteiger partial charge >= 0.3 is 5.97 Å². The third-order valence-corrected chi connectivity index (χ3v) is 3.76. The van der Waals surface area contributed by atoms with Gasteiger partial charge in [-0.25, -0.2) is 4.98 Å². The van der Waals surface area contributed by atoms with E-state index in [1.807, 2.05) is 6.92 Å². The van der Waals surface area contributed by atoms with Crippen LogP contribution in [0.5, 0.6) is 0 Å². The molecule has 6 nitrogen and oxygen atoms in total. The minimum absolute atomic E-state index is 0.104. The Morgan fingerprint density at radius 1 is 1.45 bits per heavy atom. The standard InChI is InChI=1S/C14H20N2O4/c1-2-11-7-15-12(20-11)8-16-13(17)9-4-3-5-10(6-9)14(18)19/h7,9-10H,2-6,8H2,1H3,(H,16,17)(H,18,19). The van der Waals surface area contributed by atoms with Gasteiger partial charge in [0.2, 0.25) is 11.8 Å². The predicted molar refractivity (Wildman–Crippen MR) is 70.8 cm³/mol. The van der Waals surface area contributed by atoms with Gasteiger partial charge in [-0.15, -0.1) is 0 Å². The maximum absolute atomic E-state index is 12.0. The number of aryl methyl sites for hydroxylation is 1. The van der Waals surface area contributed by atoms with Crippen molar-refractivity contribution in [3.05, 3.63) is 17.8 Å². The number of carbonyl (C=O) groups excluding carboxylic acids is 1. The first-order valence-electron chi connectivity index (χ1n) is 7.04. The number of carboxylic acids is 1. The molecule has 0 aliphatic heterocycles. The van der Waals surface area contributed by atoms with Crippen LogP contribution in [-0.4, -0.2) is 22.0 Å². The van der Waals surface area contributed by atoms with Crippen molar-refractivity contribution in [1.82, 2.24) is 10.3 Å². The number of aliphatic carboxylic acids is 1. The van der Waals surface area contributed by atoms with Crippen molar-refractivity contribution in [2.24, 2.45) is 11.8 Å². The summed E-state index contributed by atoms with van der Waals surface area (Å²) < 4.78 is 5.41. The number of hydrogen-bond acceptors (Lipinski definition) is 4. The van der Waals surface area contributed by atoms with Crippen molar-refractivity contribution in [2.45, 2.75) is 45.6 Å². The number of nitrogens with one attached hydrogen (secondary N) is 1. The topological polar surface area (TPSA) is 92.4 Å². The molecule has 6 heteroatoms. The molecule has 1 fully saturated rings. The van der Waals surface area contributed by atoms with Crippen LogP contribution >= 0.6 is 0 Å². The molecule has 110 valence electrons. The average molecular weight is 280 g/mol. The van der Waals surface area contributed by atoms with Crippen molar-refractivity contribution in [3.8, 4) is 0 Å². The highest BCUT2D eigenvalue weighted by Gasteiger charge is 2.30.